The Bertz CT molecular complexity index is 1700. The normalized spacial score (nSPS) is 13.3. The van der Waals surface area contributed by atoms with Crippen LogP contribution in [0.15, 0.2) is 146 Å². The third-order valence-corrected chi connectivity index (χ3v) is 54.6. The summed E-state index contributed by atoms with van der Waals surface area (Å²) in [6, 6.07) is 54.6. The van der Waals surface area contributed by atoms with Crippen LogP contribution in [0.25, 0.3) is 0 Å². The predicted molar refractivity (Wildman–Crippen MR) is 213 cm³/mol. The summed E-state index contributed by atoms with van der Waals surface area (Å²) in [6.45, 7) is 13.1. The van der Waals surface area contributed by atoms with Gasteiger partial charge in [-0.2, -0.15) is 0 Å². The van der Waals surface area contributed by atoms with E-state index in [9.17, 15) is 0 Å². The Balaban J connectivity index is 1.93. The first-order chi connectivity index (χ1) is 22.5. The van der Waals surface area contributed by atoms with Crippen molar-refractivity contribution in [2.24, 2.45) is 0 Å². The first-order valence-corrected chi connectivity index (χ1v) is 28.3. The first-order valence-electron chi connectivity index (χ1n) is 16.0. The fraction of sp³-hybridized carbons (Fsp3) is 0.143. The molecule has 0 atom stereocenters. The molecule has 6 aromatic carbocycles. The van der Waals surface area contributed by atoms with Crippen LogP contribution in [0.5, 0.6) is 0 Å². The Morgan fingerprint density at radius 3 is 0.638 bits per heavy atom. The summed E-state index contributed by atoms with van der Waals surface area (Å²) >= 11 is -3.81. The molecule has 0 fully saturated rings. The number of hydrogen-bond acceptors (Lipinski definition) is 0. The van der Waals surface area contributed by atoms with E-state index >= 15 is 0 Å². The van der Waals surface area contributed by atoms with Gasteiger partial charge in [-0.15, -0.1) is 0 Å². The zero-order valence-electron chi connectivity index (χ0n) is 27.9. The van der Waals surface area contributed by atoms with Crippen LogP contribution in [0.3, 0.4) is 0 Å². The van der Waals surface area contributed by atoms with Crippen molar-refractivity contribution in [3.63, 3.8) is 0 Å². The van der Waals surface area contributed by atoms with Crippen molar-refractivity contribution in [2.75, 3.05) is 0 Å². The summed E-state index contributed by atoms with van der Waals surface area (Å²) in [5.41, 5.74) is 0.820. The van der Waals surface area contributed by atoms with Gasteiger partial charge in [-0.25, -0.2) is 0 Å². The average molecular weight is 788 g/mol. The fourth-order valence-electron chi connectivity index (χ4n) is 6.96. The molecule has 0 aliphatic rings. The summed E-state index contributed by atoms with van der Waals surface area (Å²) in [5.74, 6) is 0. The van der Waals surface area contributed by atoms with Crippen molar-refractivity contribution < 1.29 is 12.5 Å². The molecule has 0 amide bonds. The molecule has 0 saturated heterocycles. The molecule has 0 aliphatic carbocycles. The van der Waals surface area contributed by atoms with E-state index < -0.39 is 23.4 Å². The molecule has 0 nitrogen and oxygen atoms in total. The first kappa shape index (κ1) is 34.3. The van der Waals surface area contributed by atoms with Gasteiger partial charge in [0.25, 0.3) is 0 Å². The summed E-state index contributed by atoms with van der Waals surface area (Å²) in [6.07, 6.45) is 0. The van der Waals surface area contributed by atoms with Gasteiger partial charge in [0.1, 0.15) is 0 Å². The molecule has 0 aromatic heterocycles. The van der Waals surface area contributed by atoms with Gasteiger partial charge in [-0.1, -0.05) is 0 Å². The maximum atomic E-state index is 8.94. The molecule has 0 N–H and O–H groups in total. The minimum atomic E-state index is -3.81. The van der Waals surface area contributed by atoms with Crippen molar-refractivity contribution >= 4 is 61.8 Å². The van der Waals surface area contributed by atoms with Crippen LogP contribution < -0.4 is 31.8 Å². The van der Waals surface area contributed by atoms with Gasteiger partial charge in [0.2, 0.25) is 0 Å². The van der Waals surface area contributed by atoms with Crippen LogP contribution >= 0.6 is 30.0 Å². The zero-order chi connectivity index (χ0) is 33.4. The number of benzene rings is 6. The maximum absolute atomic E-state index is 8.94. The van der Waals surface area contributed by atoms with Crippen molar-refractivity contribution in [2.45, 2.75) is 41.5 Å². The summed E-state index contributed by atoms with van der Waals surface area (Å²) in [4.78, 5) is 0. The summed E-state index contributed by atoms with van der Waals surface area (Å²) < 4.78 is 0. The number of rotatable bonds is 8. The molecule has 0 bridgehead atoms. The van der Waals surface area contributed by atoms with Gasteiger partial charge in [-0.3, -0.25) is 0 Å². The number of aryl methyl sites for hydroxylation is 6. The van der Waals surface area contributed by atoms with Crippen LogP contribution in [0, 0.1) is 41.5 Å². The average Bonchev–Trinajstić information content (AvgIpc) is 3.02. The third-order valence-electron chi connectivity index (χ3n) is 8.98. The Kier molecular flexibility index (Phi) is 10.0. The molecule has 0 unspecified atom stereocenters. The summed E-state index contributed by atoms with van der Waals surface area (Å²) in [7, 11) is 17.9. The molecule has 0 aliphatic heterocycles. The molecule has 0 spiro atoms. The quantitative estimate of drug-likeness (QED) is 0.107. The van der Waals surface area contributed by atoms with E-state index in [0.29, 0.717) is 0 Å². The van der Waals surface area contributed by atoms with E-state index in [1.165, 1.54) is 65.2 Å². The van der Waals surface area contributed by atoms with E-state index in [1.807, 2.05) is 0 Å². The van der Waals surface area contributed by atoms with Crippen molar-refractivity contribution in [1.29, 1.82) is 0 Å². The van der Waals surface area contributed by atoms with Gasteiger partial charge < -0.3 is 0 Å². The minimum absolute atomic E-state index is 1.22. The zero-order valence-corrected chi connectivity index (χ0v) is 33.0. The van der Waals surface area contributed by atoms with Crippen molar-refractivity contribution in [3.05, 3.63) is 179 Å². The topological polar surface area (TPSA) is 0 Å². The van der Waals surface area contributed by atoms with Crippen LogP contribution in [-0.2, 0) is 12.5 Å². The Labute approximate surface area is 292 Å². The van der Waals surface area contributed by atoms with Gasteiger partial charge in [0, 0.05) is 0 Å². The van der Waals surface area contributed by atoms with Crippen LogP contribution in [-0.4, -0.2) is 0 Å². The van der Waals surface area contributed by atoms with Crippen molar-refractivity contribution in [3.8, 4) is 0 Å². The fourth-order valence-corrected chi connectivity index (χ4v) is 62.9. The number of halogens is 2. The number of hydrogen-bond donors (Lipinski definition) is 0. The van der Waals surface area contributed by atoms with Crippen LogP contribution in [0.4, 0.5) is 0 Å². The summed E-state index contributed by atoms with van der Waals surface area (Å²) in [5, 5.41) is 7.67. The molecule has 0 heterocycles. The monoisotopic (exact) mass is 786 g/mol. The predicted octanol–water partition coefficient (Wildman–Crippen LogP) is 9.58. The molecular formula is C42H44Cl2P2Pd. The van der Waals surface area contributed by atoms with E-state index in [0.717, 1.165) is 0 Å². The molecule has 246 valence electrons. The molecule has 47 heavy (non-hydrogen) atoms. The van der Waals surface area contributed by atoms with E-state index in [4.69, 9.17) is 19.1 Å². The molecule has 0 radical (unpaired) electrons. The second kappa shape index (κ2) is 13.7. The van der Waals surface area contributed by atoms with Gasteiger partial charge in [0.05, 0.1) is 0 Å². The molecule has 0 saturated carbocycles. The SMILES string of the molecule is Cc1cccc([PH](c2cccc(C)c2)(c2cccc(C)c2)[Pd]([Cl])([Cl])[PH](c2cccc(C)c2)(c2cccc(C)c2)c2cccc(C)c2)c1. The second-order valence-electron chi connectivity index (χ2n) is 12.8. The van der Waals surface area contributed by atoms with E-state index in [1.54, 1.807) is 0 Å². The van der Waals surface area contributed by atoms with Crippen LogP contribution in [0.2, 0.25) is 0 Å². The molecular weight excluding hydrogens is 744 g/mol. The standard InChI is InChI=1S/2C21H21P.2ClH.Pd/c2*1-16-7-4-10-19(13-16)22(20-11-5-8-17(2)14-20)21-12-6-9-18(3)15-21;;;/h2*4-15H,1-3H3;2*1H;. The molecule has 6 rings (SSSR count). The van der Waals surface area contributed by atoms with Crippen molar-refractivity contribution in [1.82, 2.24) is 0 Å². The molecule has 6 aromatic rings. The Hall–Kier alpha value is -2.58. The Morgan fingerprint density at radius 2 is 0.489 bits per heavy atom. The van der Waals surface area contributed by atoms with Crippen LogP contribution in [0.1, 0.15) is 33.4 Å². The van der Waals surface area contributed by atoms with E-state index in [-0.39, 0.29) is 0 Å². The van der Waals surface area contributed by atoms with Gasteiger partial charge in [-0.05, 0) is 0 Å². The Morgan fingerprint density at radius 1 is 0.319 bits per heavy atom. The van der Waals surface area contributed by atoms with E-state index in [2.05, 4.69) is 187 Å². The molecule has 5 heteroatoms. The third kappa shape index (κ3) is 6.00. The van der Waals surface area contributed by atoms with Gasteiger partial charge >= 0.3 is 295 Å². The second-order valence-corrected chi connectivity index (χ2v) is 44.7. The van der Waals surface area contributed by atoms with Gasteiger partial charge in [0.15, 0.2) is 0 Å².